The first-order valence-electron chi connectivity index (χ1n) is 6.37. The zero-order valence-corrected chi connectivity index (χ0v) is 13.1. The number of ether oxygens (including phenoxy) is 1. The maximum absolute atomic E-state index is 12.1. The molecule has 1 atom stereocenters. The summed E-state index contributed by atoms with van der Waals surface area (Å²) in [5.74, 6) is -0.313. The van der Waals surface area contributed by atoms with Gasteiger partial charge in [-0.3, -0.25) is 4.79 Å². The molecule has 0 saturated carbocycles. The molecule has 0 fully saturated rings. The van der Waals surface area contributed by atoms with Gasteiger partial charge >= 0.3 is 0 Å². The Balaban J connectivity index is 2.02. The molecule has 5 heteroatoms. The summed E-state index contributed by atoms with van der Waals surface area (Å²) in [5.41, 5.74) is 4.16. The van der Waals surface area contributed by atoms with Crippen molar-refractivity contribution in [2.24, 2.45) is 5.10 Å². The second kappa shape index (κ2) is 7.71. The molecule has 0 spiro atoms. The van der Waals surface area contributed by atoms with Crippen molar-refractivity contribution in [1.82, 2.24) is 5.43 Å². The van der Waals surface area contributed by atoms with Gasteiger partial charge in [0.25, 0.3) is 5.91 Å². The highest BCUT2D eigenvalue weighted by molar-refractivity contribution is 9.10. The molecule has 0 bridgehead atoms. The molecule has 0 heterocycles. The summed E-state index contributed by atoms with van der Waals surface area (Å²) in [6.07, 6.45) is 0.905. The van der Waals surface area contributed by atoms with Gasteiger partial charge in [0.1, 0.15) is 0 Å². The van der Waals surface area contributed by atoms with Crippen LogP contribution in [0.1, 0.15) is 17.2 Å². The smallest absolute Gasteiger partial charge is 0.273 e. The van der Waals surface area contributed by atoms with Crippen LogP contribution in [-0.2, 0) is 9.53 Å². The lowest BCUT2D eigenvalue weighted by atomic mass is 10.1. The van der Waals surface area contributed by atoms with Crippen molar-refractivity contribution in [2.75, 3.05) is 7.11 Å². The number of hydrogen-bond acceptors (Lipinski definition) is 3. The second-order valence-corrected chi connectivity index (χ2v) is 5.14. The zero-order chi connectivity index (χ0) is 15.1. The minimum atomic E-state index is -0.678. The van der Waals surface area contributed by atoms with E-state index in [1.165, 1.54) is 7.11 Å². The topological polar surface area (TPSA) is 50.7 Å². The summed E-state index contributed by atoms with van der Waals surface area (Å²) in [6.45, 7) is 0. The molecule has 0 aliphatic heterocycles. The zero-order valence-electron chi connectivity index (χ0n) is 11.5. The number of hydrogen-bond donors (Lipinski definition) is 1. The van der Waals surface area contributed by atoms with Gasteiger partial charge in [-0.1, -0.05) is 64.5 Å². The third-order valence-corrected chi connectivity index (χ3v) is 3.58. The molecule has 0 saturated heterocycles. The number of carbonyl (C=O) groups excluding carboxylic acids is 1. The molecule has 21 heavy (non-hydrogen) atoms. The molecule has 0 aromatic heterocycles. The van der Waals surface area contributed by atoms with E-state index < -0.39 is 6.10 Å². The van der Waals surface area contributed by atoms with E-state index in [0.717, 1.165) is 15.6 Å². The maximum atomic E-state index is 12.1. The SMILES string of the molecule is CO[C@@H](C(=O)NN=Cc1ccccc1Br)c1ccccc1. The van der Waals surface area contributed by atoms with Crippen LogP contribution in [0, 0.1) is 0 Å². The fourth-order valence-electron chi connectivity index (χ4n) is 1.83. The van der Waals surface area contributed by atoms with Gasteiger partial charge in [0.2, 0.25) is 0 Å². The Morgan fingerprint density at radius 3 is 2.52 bits per heavy atom. The minimum absolute atomic E-state index is 0.313. The van der Waals surface area contributed by atoms with E-state index in [9.17, 15) is 4.79 Å². The van der Waals surface area contributed by atoms with Crippen molar-refractivity contribution < 1.29 is 9.53 Å². The fraction of sp³-hybridized carbons (Fsp3) is 0.125. The molecule has 4 nitrogen and oxygen atoms in total. The highest BCUT2D eigenvalue weighted by atomic mass is 79.9. The normalized spacial score (nSPS) is 12.3. The Morgan fingerprint density at radius 1 is 1.19 bits per heavy atom. The summed E-state index contributed by atoms with van der Waals surface area (Å²) in [6, 6.07) is 16.9. The van der Waals surface area contributed by atoms with Gasteiger partial charge in [-0.2, -0.15) is 5.10 Å². The van der Waals surface area contributed by atoms with Crippen LogP contribution in [0.25, 0.3) is 0 Å². The van der Waals surface area contributed by atoms with Crippen LogP contribution in [0.15, 0.2) is 64.2 Å². The molecule has 2 aromatic rings. The van der Waals surface area contributed by atoms with Crippen LogP contribution in [0.2, 0.25) is 0 Å². The standard InChI is InChI=1S/C16H15BrN2O2/c1-21-15(12-7-3-2-4-8-12)16(20)19-18-11-13-9-5-6-10-14(13)17/h2-11,15H,1H3,(H,19,20)/t15-/m1/s1. The number of nitrogens with one attached hydrogen (secondary N) is 1. The first-order chi connectivity index (χ1) is 10.2. The van der Waals surface area contributed by atoms with Crippen LogP contribution in [0.5, 0.6) is 0 Å². The quantitative estimate of drug-likeness (QED) is 0.667. The molecule has 0 radical (unpaired) electrons. The first kappa shape index (κ1) is 15.4. The summed E-state index contributed by atoms with van der Waals surface area (Å²) < 4.78 is 6.14. The van der Waals surface area contributed by atoms with Crippen LogP contribution < -0.4 is 5.43 Å². The van der Waals surface area contributed by atoms with E-state index in [1.807, 2.05) is 54.6 Å². The average Bonchev–Trinajstić information content (AvgIpc) is 2.51. The van der Waals surface area contributed by atoms with E-state index >= 15 is 0 Å². The molecule has 2 rings (SSSR count). The third kappa shape index (κ3) is 4.24. The number of amides is 1. The van der Waals surface area contributed by atoms with E-state index in [-0.39, 0.29) is 5.91 Å². The van der Waals surface area contributed by atoms with Gasteiger partial charge in [-0.25, -0.2) is 5.43 Å². The van der Waals surface area contributed by atoms with Crippen molar-refractivity contribution in [3.63, 3.8) is 0 Å². The van der Waals surface area contributed by atoms with Crippen molar-refractivity contribution in [2.45, 2.75) is 6.10 Å². The molecular weight excluding hydrogens is 332 g/mol. The van der Waals surface area contributed by atoms with Crippen LogP contribution in [0.4, 0.5) is 0 Å². The Morgan fingerprint density at radius 2 is 1.86 bits per heavy atom. The van der Waals surface area contributed by atoms with Crippen molar-refractivity contribution in [3.05, 3.63) is 70.2 Å². The number of methoxy groups -OCH3 is 1. The Kier molecular flexibility index (Phi) is 5.66. The van der Waals surface area contributed by atoms with Gasteiger partial charge in [0.15, 0.2) is 6.10 Å². The van der Waals surface area contributed by atoms with Gasteiger partial charge in [0.05, 0.1) is 6.21 Å². The summed E-state index contributed by atoms with van der Waals surface area (Å²) >= 11 is 3.41. The number of rotatable bonds is 5. The fourth-order valence-corrected chi connectivity index (χ4v) is 2.21. The van der Waals surface area contributed by atoms with Crippen molar-refractivity contribution >= 4 is 28.1 Å². The lowest BCUT2D eigenvalue weighted by Crippen LogP contribution is -2.26. The van der Waals surface area contributed by atoms with Crippen molar-refractivity contribution in [3.8, 4) is 0 Å². The number of hydrazone groups is 1. The molecule has 0 unspecified atom stereocenters. The molecule has 2 aromatic carbocycles. The predicted octanol–water partition coefficient (Wildman–Crippen LogP) is 3.29. The van der Waals surface area contributed by atoms with E-state index in [2.05, 4.69) is 26.5 Å². The highest BCUT2D eigenvalue weighted by Crippen LogP contribution is 2.16. The van der Waals surface area contributed by atoms with Gasteiger partial charge in [0, 0.05) is 17.1 Å². The van der Waals surface area contributed by atoms with Crippen LogP contribution >= 0.6 is 15.9 Å². The Hall–Kier alpha value is -1.98. The third-order valence-electron chi connectivity index (χ3n) is 2.86. The Labute approximate surface area is 132 Å². The number of halogens is 1. The van der Waals surface area contributed by atoms with Crippen LogP contribution in [0.3, 0.4) is 0 Å². The van der Waals surface area contributed by atoms with E-state index in [1.54, 1.807) is 6.21 Å². The lowest BCUT2D eigenvalue weighted by molar-refractivity contribution is -0.131. The number of nitrogens with zero attached hydrogens (tertiary/aromatic N) is 1. The van der Waals surface area contributed by atoms with E-state index in [4.69, 9.17) is 4.74 Å². The molecule has 0 aliphatic carbocycles. The molecular formula is C16H15BrN2O2. The predicted molar refractivity (Wildman–Crippen MR) is 86.1 cm³/mol. The first-order valence-corrected chi connectivity index (χ1v) is 7.17. The number of carbonyl (C=O) groups is 1. The maximum Gasteiger partial charge on any atom is 0.273 e. The van der Waals surface area contributed by atoms with Gasteiger partial charge in [-0.05, 0) is 11.6 Å². The minimum Gasteiger partial charge on any atom is -0.367 e. The molecule has 108 valence electrons. The average molecular weight is 347 g/mol. The largest absolute Gasteiger partial charge is 0.367 e. The lowest BCUT2D eigenvalue weighted by Gasteiger charge is -2.13. The highest BCUT2D eigenvalue weighted by Gasteiger charge is 2.18. The monoisotopic (exact) mass is 346 g/mol. The Bertz CT molecular complexity index is 629. The second-order valence-electron chi connectivity index (χ2n) is 4.28. The molecule has 1 N–H and O–H groups in total. The van der Waals surface area contributed by atoms with E-state index in [0.29, 0.717) is 0 Å². The van der Waals surface area contributed by atoms with Crippen LogP contribution in [-0.4, -0.2) is 19.2 Å². The van der Waals surface area contributed by atoms with Gasteiger partial charge in [-0.15, -0.1) is 0 Å². The summed E-state index contributed by atoms with van der Waals surface area (Å²) in [7, 11) is 1.49. The van der Waals surface area contributed by atoms with Crippen molar-refractivity contribution in [1.29, 1.82) is 0 Å². The van der Waals surface area contributed by atoms with Gasteiger partial charge < -0.3 is 4.74 Å². The summed E-state index contributed by atoms with van der Waals surface area (Å²) in [5, 5.41) is 3.96. The number of benzene rings is 2. The molecule has 1 amide bonds. The summed E-state index contributed by atoms with van der Waals surface area (Å²) in [4.78, 5) is 12.1. The molecule has 0 aliphatic rings.